The molecule has 1 rings (SSSR count). The molecule has 0 heterocycles. The van der Waals surface area contributed by atoms with Gasteiger partial charge in [0.15, 0.2) is 0 Å². The van der Waals surface area contributed by atoms with Gasteiger partial charge < -0.3 is 16.5 Å². The summed E-state index contributed by atoms with van der Waals surface area (Å²) in [6, 6.07) is 9.58. The summed E-state index contributed by atoms with van der Waals surface area (Å²) >= 11 is 0. The second-order valence-corrected chi connectivity index (χ2v) is 3.11. The fourth-order valence-corrected chi connectivity index (χ4v) is 1.08. The minimum Gasteiger partial charge on any atom is -0.393 e. The van der Waals surface area contributed by atoms with Gasteiger partial charge in [0.1, 0.15) is 5.70 Å². The molecule has 0 atom stereocenters. The Morgan fingerprint density at radius 3 is 2.40 bits per heavy atom. The van der Waals surface area contributed by atoms with Crippen molar-refractivity contribution in [3.8, 4) is 0 Å². The largest absolute Gasteiger partial charge is 0.393 e. The van der Waals surface area contributed by atoms with Crippen molar-refractivity contribution in [3.05, 3.63) is 47.8 Å². The number of benzene rings is 1. The summed E-state index contributed by atoms with van der Waals surface area (Å²) in [6.45, 7) is 0.467. The first kappa shape index (κ1) is 11.1. The van der Waals surface area contributed by atoms with Gasteiger partial charge in [0.05, 0.1) is 6.54 Å². The van der Waals surface area contributed by atoms with Gasteiger partial charge in [0.2, 0.25) is 0 Å². The van der Waals surface area contributed by atoms with Crippen LogP contribution in [-0.2, 0) is 11.3 Å². The molecular weight excluding hydrogens is 192 g/mol. The van der Waals surface area contributed by atoms with E-state index in [0.717, 1.165) is 5.56 Å². The van der Waals surface area contributed by atoms with Crippen LogP contribution < -0.4 is 17.3 Å². The average Bonchev–Trinajstić information content (AvgIpc) is 2.18. The Hall–Kier alpha value is -2.01. The Kier molecular flexibility index (Phi) is 3.70. The Balaban J connectivity index is 2.61. The van der Waals surface area contributed by atoms with Gasteiger partial charge in [-0.15, -0.1) is 0 Å². The zero-order chi connectivity index (χ0) is 11.3. The van der Waals surface area contributed by atoms with Crippen molar-refractivity contribution >= 4 is 5.91 Å². The van der Waals surface area contributed by atoms with Crippen LogP contribution in [0.1, 0.15) is 5.56 Å². The van der Waals surface area contributed by atoms with Crippen molar-refractivity contribution in [2.24, 2.45) is 17.3 Å². The highest BCUT2D eigenvalue weighted by atomic mass is 16.1. The second kappa shape index (κ2) is 5.02. The van der Waals surface area contributed by atoms with Crippen LogP contribution in [0, 0.1) is 0 Å². The molecule has 0 aliphatic carbocycles. The van der Waals surface area contributed by atoms with E-state index in [1.54, 1.807) is 0 Å². The number of carbonyl (C=O) groups is 1. The molecule has 0 radical (unpaired) electrons. The monoisotopic (exact) mass is 206 g/mol. The molecule has 1 amide bonds. The molecule has 0 saturated carbocycles. The predicted octanol–water partition coefficient (Wildman–Crippen LogP) is -0.352. The van der Waals surface area contributed by atoms with Crippen molar-refractivity contribution in [1.29, 1.82) is 0 Å². The third-order valence-corrected chi connectivity index (χ3v) is 1.80. The molecule has 1 aromatic rings. The predicted molar refractivity (Wildman–Crippen MR) is 57.6 cm³/mol. The van der Waals surface area contributed by atoms with Gasteiger partial charge in [-0.25, -0.2) is 5.84 Å². The highest BCUT2D eigenvalue weighted by molar-refractivity contribution is 5.90. The lowest BCUT2D eigenvalue weighted by molar-refractivity contribution is -0.114. The number of nitrogens with two attached hydrogens (primary N) is 3. The molecule has 1 aromatic carbocycles. The second-order valence-electron chi connectivity index (χ2n) is 3.11. The number of carbonyl (C=O) groups excluding carboxylic acids is 1. The fourth-order valence-electron chi connectivity index (χ4n) is 1.08. The maximum absolute atomic E-state index is 10.6. The van der Waals surface area contributed by atoms with Crippen molar-refractivity contribution in [3.63, 3.8) is 0 Å². The standard InChI is InChI=1S/C10H14N4O/c11-9(10(12)15)7-14(13)6-8-4-2-1-3-5-8/h1-5,7H,6,11,13H2,(H2,12,15)/b9-7-. The zero-order valence-corrected chi connectivity index (χ0v) is 8.26. The average molecular weight is 206 g/mol. The number of primary amides is 1. The normalized spacial score (nSPS) is 11.1. The molecule has 15 heavy (non-hydrogen) atoms. The van der Waals surface area contributed by atoms with E-state index in [1.165, 1.54) is 11.2 Å². The molecule has 0 unspecified atom stereocenters. The van der Waals surface area contributed by atoms with Crippen LogP contribution in [0.5, 0.6) is 0 Å². The minimum absolute atomic E-state index is 0.0616. The van der Waals surface area contributed by atoms with Crippen LogP contribution >= 0.6 is 0 Å². The molecule has 5 heteroatoms. The number of hydrogen-bond acceptors (Lipinski definition) is 4. The lowest BCUT2D eigenvalue weighted by Gasteiger charge is -2.13. The third-order valence-electron chi connectivity index (χ3n) is 1.80. The summed E-state index contributed by atoms with van der Waals surface area (Å²) in [5.41, 5.74) is 11.3. The van der Waals surface area contributed by atoms with E-state index in [9.17, 15) is 4.79 Å². The van der Waals surface area contributed by atoms with Gasteiger partial charge in [0.25, 0.3) is 5.91 Å². The minimum atomic E-state index is -0.682. The first-order valence-electron chi connectivity index (χ1n) is 4.42. The lowest BCUT2D eigenvalue weighted by Crippen LogP contribution is -2.29. The van der Waals surface area contributed by atoms with Gasteiger partial charge in [-0.1, -0.05) is 30.3 Å². The Labute approximate surface area is 88.1 Å². The topological polar surface area (TPSA) is 98.4 Å². The van der Waals surface area contributed by atoms with Crippen LogP contribution in [0.2, 0.25) is 0 Å². The van der Waals surface area contributed by atoms with Crippen LogP contribution in [-0.4, -0.2) is 10.9 Å². The van der Waals surface area contributed by atoms with Gasteiger partial charge in [-0.2, -0.15) is 0 Å². The van der Waals surface area contributed by atoms with Crippen molar-refractivity contribution in [2.45, 2.75) is 6.54 Å². The number of rotatable bonds is 4. The van der Waals surface area contributed by atoms with Crippen LogP contribution in [0.15, 0.2) is 42.2 Å². The maximum Gasteiger partial charge on any atom is 0.266 e. The smallest absolute Gasteiger partial charge is 0.266 e. The van der Waals surface area contributed by atoms with Crippen LogP contribution in [0.4, 0.5) is 0 Å². The van der Waals surface area contributed by atoms with Crippen molar-refractivity contribution in [1.82, 2.24) is 5.01 Å². The fraction of sp³-hybridized carbons (Fsp3) is 0.100. The molecule has 0 fully saturated rings. The summed E-state index contributed by atoms with van der Waals surface area (Å²) in [7, 11) is 0. The number of hydrazine groups is 1. The summed E-state index contributed by atoms with van der Waals surface area (Å²) in [5.74, 6) is 4.93. The SMILES string of the molecule is NC(=O)/C(N)=C/N(N)Cc1ccccc1. The zero-order valence-electron chi connectivity index (χ0n) is 8.26. The Morgan fingerprint density at radius 1 is 1.27 bits per heavy atom. The highest BCUT2D eigenvalue weighted by Gasteiger charge is 2.01. The number of amides is 1. The van der Waals surface area contributed by atoms with E-state index >= 15 is 0 Å². The van der Waals surface area contributed by atoms with Gasteiger partial charge in [0, 0.05) is 6.20 Å². The lowest BCUT2D eigenvalue weighted by atomic mass is 10.2. The summed E-state index contributed by atoms with van der Waals surface area (Å²) in [5, 5.41) is 1.31. The van der Waals surface area contributed by atoms with Crippen LogP contribution in [0.25, 0.3) is 0 Å². The highest BCUT2D eigenvalue weighted by Crippen LogP contribution is 2.01. The first-order chi connectivity index (χ1) is 7.09. The molecule has 0 bridgehead atoms. The van der Waals surface area contributed by atoms with E-state index in [0.29, 0.717) is 6.54 Å². The summed E-state index contributed by atoms with van der Waals surface area (Å²) < 4.78 is 0. The molecule has 5 nitrogen and oxygen atoms in total. The Bertz CT molecular complexity index is 361. The van der Waals surface area contributed by atoms with Gasteiger partial charge >= 0.3 is 0 Å². The molecular formula is C10H14N4O. The molecule has 80 valence electrons. The molecule has 0 aromatic heterocycles. The van der Waals surface area contributed by atoms with E-state index in [-0.39, 0.29) is 5.70 Å². The van der Waals surface area contributed by atoms with Crippen LogP contribution in [0.3, 0.4) is 0 Å². The quantitative estimate of drug-likeness (QED) is 0.356. The Morgan fingerprint density at radius 2 is 1.87 bits per heavy atom. The summed E-state index contributed by atoms with van der Waals surface area (Å²) in [4.78, 5) is 10.6. The van der Waals surface area contributed by atoms with E-state index in [1.807, 2.05) is 30.3 Å². The van der Waals surface area contributed by atoms with Gasteiger partial charge in [-0.05, 0) is 5.56 Å². The van der Waals surface area contributed by atoms with E-state index < -0.39 is 5.91 Å². The maximum atomic E-state index is 10.6. The number of nitrogens with zero attached hydrogens (tertiary/aromatic N) is 1. The van der Waals surface area contributed by atoms with E-state index in [4.69, 9.17) is 17.3 Å². The molecule has 6 N–H and O–H groups in total. The first-order valence-corrected chi connectivity index (χ1v) is 4.42. The van der Waals surface area contributed by atoms with E-state index in [2.05, 4.69) is 0 Å². The molecule has 0 saturated heterocycles. The molecule has 0 aliphatic rings. The third kappa shape index (κ3) is 3.70. The number of hydrogen-bond donors (Lipinski definition) is 3. The summed E-state index contributed by atoms with van der Waals surface area (Å²) in [6.07, 6.45) is 1.31. The van der Waals surface area contributed by atoms with Crippen molar-refractivity contribution < 1.29 is 4.79 Å². The molecule has 0 spiro atoms. The molecule has 0 aliphatic heterocycles. The van der Waals surface area contributed by atoms with Gasteiger partial charge in [-0.3, -0.25) is 4.79 Å². The van der Waals surface area contributed by atoms with Crippen molar-refractivity contribution in [2.75, 3.05) is 0 Å².